The molecule has 1 amide bonds. The van der Waals surface area contributed by atoms with E-state index in [1.54, 1.807) is 0 Å². The van der Waals surface area contributed by atoms with Gasteiger partial charge in [-0.05, 0) is 31.7 Å². The lowest BCUT2D eigenvalue weighted by Gasteiger charge is -2.20. The molecule has 1 unspecified atom stereocenters. The number of hydrogen-bond donors (Lipinski definition) is 2. The van der Waals surface area contributed by atoms with Crippen molar-refractivity contribution in [2.75, 3.05) is 19.6 Å². The van der Waals surface area contributed by atoms with Crippen molar-refractivity contribution >= 4 is 18.3 Å². The monoisotopic (exact) mass is 300 g/mol. The Morgan fingerprint density at radius 2 is 2.20 bits per heavy atom. The van der Waals surface area contributed by atoms with Crippen molar-refractivity contribution in [3.63, 3.8) is 0 Å². The lowest BCUT2D eigenvalue weighted by atomic mass is 9.90. The zero-order valence-electron chi connectivity index (χ0n) is 12.6. The first-order valence-corrected chi connectivity index (χ1v) is 7.96. The Morgan fingerprint density at radius 3 is 2.80 bits per heavy atom. The molecule has 2 aliphatic rings. The average Bonchev–Trinajstić information content (AvgIpc) is 2.96. The third kappa shape index (κ3) is 5.45. The molecule has 0 radical (unpaired) electrons. The number of rotatable bonds is 6. The quantitative estimate of drug-likeness (QED) is 0.740. The molecule has 3 nitrogen and oxygen atoms in total. The molecule has 0 aromatic carbocycles. The fraction of sp³-hybridized carbons (Fsp3) is 0.812. The van der Waals surface area contributed by atoms with Gasteiger partial charge in [0.05, 0.1) is 0 Å². The van der Waals surface area contributed by atoms with Crippen molar-refractivity contribution in [1.82, 2.24) is 10.6 Å². The van der Waals surface area contributed by atoms with Crippen LogP contribution in [0.1, 0.15) is 51.9 Å². The number of carbonyl (C=O) groups is 1. The maximum Gasteiger partial charge on any atom is 0.223 e. The van der Waals surface area contributed by atoms with Crippen molar-refractivity contribution in [3.8, 4) is 0 Å². The molecule has 0 spiro atoms. The third-order valence-corrected chi connectivity index (χ3v) is 4.60. The van der Waals surface area contributed by atoms with Crippen molar-refractivity contribution in [1.29, 1.82) is 0 Å². The number of halogens is 1. The predicted molar refractivity (Wildman–Crippen MR) is 86.2 cm³/mol. The van der Waals surface area contributed by atoms with Gasteiger partial charge < -0.3 is 10.6 Å². The predicted octanol–water partition coefficient (Wildman–Crippen LogP) is 3.05. The minimum absolute atomic E-state index is 0. The van der Waals surface area contributed by atoms with Crippen LogP contribution in [-0.2, 0) is 4.79 Å². The summed E-state index contributed by atoms with van der Waals surface area (Å²) in [6.45, 7) is 4.89. The molecule has 2 N–H and O–H groups in total. The molecule has 0 aromatic rings. The van der Waals surface area contributed by atoms with Gasteiger partial charge in [0.2, 0.25) is 5.91 Å². The fourth-order valence-corrected chi connectivity index (χ4v) is 3.28. The highest BCUT2D eigenvalue weighted by Crippen LogP contribution is 2.31. The molecule has 0 aromatic heterocycles. The van der Waals surface area contributed by atoms with Crippen LogP contribution in [-0.4, -0.2) is 25.5 Å². The largest absolute Gasteiger partial charge is 0.352 e. The van der Waals surface area contributed by atoms with Gasteiger partial charge in [-0.25, -0.2) is 0 Å². The van der Waals surface area contributed by atoms with Gasteiger partial charge >= 0.3 is 0 Å². The molecule has 1 saturated carbocycles. The lowest BCUT2D eigenvalue weighted by Crippen LogP contribution is -2.34. The first-order chi connectivity index (χ1) is 9.29. The van der Waals surface area contributed by atoms with Gasteiger partial charge in [0.1, 0.15) is 0 Å². The maximum absolute atomic E-state index is 12.3. The first kappa shape index (κ1) is 17.5. The number of carbonyl (C=O) groups excluding carboxylic acids is 1. The minimum atomic E-state index is 0. The van der Waals surface area contributed by atoms with Crippen LogP contribution < -0.4 is 10.6 Å². The van der Waals surface area contributed by atoms with E-state index < -0.39 is 0 Å². The Hall–Kier alpha value is -0.540. The number of nitrogens with one attached hydrogen (secondary N) is 2. The molecule has 2 rings (SSSR count). The van der Waals surface area contributed by atoms with Crippen LogP contribution in [0.15, 0.2) is 11.6 Å². The molecule has 20 heavy (non-hydrogen) atoms. The fourth-order valence-electron chi connectivity index (χ4n) is 3.28. The second kappa shape index (κ2) is 9.41. The van der Waals surface area contributed by atoms with Crippen LogP contribution in [0, 0.1) is 11.8 Å². The molecule has 1 aliphatic carbocycles. The normalized spacial score (nSPS) is 20.9. The Bertz CT molecular complexity index is 324. The molecule has 4 heteroatoms. The van der Waals surface area contributed by atoms with Crippen molar-refractivity contribution in [3.05, 3.63) is 11.6 Å². The molecular weight excluding hydrogens is 272 g/mol. The van der Waals surface area contributed by atoms with Crippen LogP contribution in [0.2, 0.25) is 0 Å². The van der Waals surface area contributed by atoms with Gasteiger partial charge in [0.15, 0.2) is 0 Å². The van der Waals surface area contributed by atoms with Crippen LogP contribution in [0.3, 0.4) is 0 Å². The Balaban J connectivity index is 0.00000200. The van der Waals surface area contributed by atoms with Gasteiger partial charge in [0.25, 0.3) is 0 Å². The van der Waals surface area contributed by atoms with E-state index in [1.807, 2.05) is 0 Å². The van der Waals surface area contributed by atoms with Crippen molar-refractivity contribution in [2.45, 2.75) is 51.9 Å². The lowest BCUT2D eigenvalue weighted by molar-refractivity contribution is -0.125. The summed E-state index contributed by atoms with van der Waals surface area (Å²) < 4.78 is 0. The molecule has 116 valence electrons. The van der Waals surface area contributed by atoms with E-state index >= 15 is 0 Å². The van der Waals surface area contributed by atoms with E-state index in [-0.39, 0.29) is 24.2 Å². The summed E-state index contributed by atoms with van der Waals surface area (Å²) >= 11 is 0. The molecule has 1 atom stereocenters. The molecule has 1 fully saturated rings. The van der Waals surface area contributed by atoms with Gasteiger partial charge in [0, 0.05) is 19.0 Å². The van der Waals surface area contributed by atoms with Crippen molar-refractivity contribution < 1.29 is 4.79 Å². The zero-order chi connectivity index (χ0) is 13.5. The van der Waals surface area contributed by atoms with E-state index in [0.717, 1.165) is 44.8 Å². The van der Waals surface area contributed by atoms with Gasteiger partial charge in [-0.3, -0.25) is 4.79 Å². The Morgan fingerprint density at radius 1 is 1.45 bits per heavy atom. The highest BCUT2D eigenvalue weighted by Gasteiger charge is 2.23. The summed E-state index contributed by atoms with van der Waals surface area (Å²) in [6.07, 6.45) is 10.7. The van der Waals surface area contributed by atoms with E-state index in [1.165, 1.54) is 31.3 Å². The van der Waals surface area contributed by atoms with Crippen LogP contribution in [0.25, 0.3) is 0 Å². The summed E-state index contributed by atoms with van der Waals surface area (Å²) in [5.74, 6) is 1.30. The zero-order valence-corrected chi connectivity index (χ0v) is 13.4. The van der Waals surface area contributed by atoms with Gasteiger partial charge in [-0.15, -0.1) is 12.4 Å². The average molecular weight is 301 g/mol. The number of hydrogen-bond acceptors (Lipinski definition) is 2. The second-order valence-corrected chi connectivity index (χ2v) is 6.03. The molecule has 1 aliphatic heterocycles. The van der Waals surface area contributed by atoms with E-state index in [2.05, 4.69) is 23.6 Å². The van der Waals surface area contributed by atoms with Crippen molar-refractivity contribution in [2.24, 2.45) is 11.8 Å². The minimum Gasteiger partial charge on any atom is -0.352 e. The van der Waals surface area contributed by atoms with E-state index in [4.69, 9.17) is 0 Å². The van der Waals surface area contributed by atoms with E-state index in [9.17, 15) is 4.79 Å². The summed E-state index contributed by atoms with van der Waals surface area (Å²) in [4.78, 5) is 12.3. The third-order valence-electron chi connectivity index (χ3n) is 4.60. The Kier molecular flexibility index (Phi) is 8.24. The van der Waals surface area contributed by atoms with Crippen LogP contribution in [0.4, 0.5) is 0 Å². The molecule has 0 saturated heterocycles. The van der Waals surface area contributed by atoms with E-state index in [0.29, 0.717) is 0 Å². The van der Waals surface area contributed by atoms with Gasteiger partial charge in [-0.2, -0.15) is 0 Å². The molecule has 0 bridgehead atoms. The standard InChI is InChI=1S/C16H28N2O.ClH/c1-2-15(11-13-5-3-4-6-13)16(19)18-12-14-7-9-17-10-8-14;/h7,13,15,17H,2-6,8-12H2,1H3,(H,18,19);1H. The smallest absolute Gasteiger partial charge is 0.223 e. The highest BCUT2D eigenvalue weighted by atomic mass is 35.5. The second-order valence-electron chi connectivity index (χ2n) is 6.03. The summed E-state index contributed by atoms with van der Waals surface area (Å²) in [5, 5.41) is 6.44. The van der Waals surface area contributed by atoms with Crippen LogP contribution in [0.5, 0.6) is 0 Å². The SMILES string of the molecule is CCC(CC1CCCC1)C(=O)NCC1=CCNCC1.Cl. The summed E-state index contributed by atoms with van der Waals surface area (Å²) in [7, 11) is 0. The first-order valence-electron chi connectivity index (χ1n) is 7.96. The molecular formula is C16H29ClN2O. The summed E-state index contributed by atoms with van der Waals surface area (Å²) in [5.41, 5.74) is 1.38. The topological polar surface area (TPSA) is 41.1 Å². The Labute approximate surface area is 129 Å². The summed E-state index contributed by atoms with van der Waals surface area (Å²) in [6, 6.07) is 0. The number of amides is 1. The molecule has 1 heterocycles. The highest BCUT2D eigenvalue weighted by molar-refractivity contribution is 5.85. The van der Waals surface area contributed by atoms with Crippen LogP contribution >= 0.6 is 12.4 Å². The van der Waals surface area contributed by atoms with Gasteiger partial charge in [-0.1, -0.05) is 44.3 Å². The maximum atomic E-state index is 12.3.